The summed E-state index contributed by atoms with van der Waals surface area (Å²) in [5.74, 6) is -0.979. The van der Waals surface area contributed by atoms with E-state index in [1.807, 2.05) is 0 Å². The Bertz CT molecular complexity index is 376. The number of carbonyl (C=O) groups is 1. The Hall–Kier alpha value is -1.91. The number of nitroso groups, excluding NO2 is 1. The highest BCUT2D eigenvalue weighted by Crippen LogP contribution is 2.16. The average Bonchev–Trinajstić information content (AvgIpc) is 2.35. The van der Waals surface area contributed by atoms with Gasteiger partial charge in [-0.25, -0.2) is 9.80 Å². The molecule has 0 amide bonds. The summed E-state index contributed by atoms with van der Waals surface area (Å²) in [5.41, 5.74) is 0.828. The molecule has 0 aromatic heterocycles. The fraction of sp³-hybridized carbons (Fsp3) is 0.417. The summed E-state index contributed by atoms with van der Waals surface area (Å²) in [6, 6.07) is 6.12. The van der Waals surface area contributed by atoms with Crippen molar-refractivity contribution in [3.05, 3.63) is 34.7 Å². The van der Waals surface area contributed by atoms with Gasteiger partial charge in [-0.1, -0.05) is 19.8 Å². The van der Waals surface area contributed by atoms with Crippen LogP contribution in [0, 0.1) is 4.91 Å². The predicted octanol–water partition coefficient (Wildman–Crippen LogP) is 3.06. The number of anilines is 1. The fourth-order valence-corrected chi connectivity index (χ4v) is 1.50. The topological polar surface area (TPSA) is 70.0 Å². The Labute approximate surface area is 100 Å². The highest BCUT2D eigenvalue weighted by molar-refractivity contribution is 5.88. The Morgan fingerprint density at radius 2 is 1.94 bits per heavy atom. The Morgan fingerprint density at radius 1 is 1.29 bits per heavy atom. The van der Waals surface area contributed by atoms with E-state index in [0.29, 0.717) is 12.2 Å². The molecule has 0 aliphatic rings. The van der Waals surface area contributed by atoms with E-state index in [4.69, 9.17) is 5.11 Å². The van der Waals surface area contributed by atoms with Crippen LogP contribution in [0.2, 0.25) is 0 Å². The molecular weight excluding hydrogens is 220 g/mol. The van der Waals surface area contributed by atoms with Crippen molar-refractivity contribution in [3.8, 4) is 0 Å². The van der Waals surface area contributed by atoms with Crippen LogP contribution in [0.3, 0.4) is 0 Å². The summed E-state index contributed by atoms with van der Waals surface area (Å²) < 4.78 is 0. The molecule has 0 atom stereocenters. The molecule has 0 aliphatic carbocycles. The van der Waals surface area contributed by atoms with Gasteiger partial charge in [0.25, 0.3) is 0 Å². The summed E-state index contributed by atoms with van der Waals surface area (Å²) in [5, 5.41) is 13.0. The van der Waals surface area contributed by atoms with Gasteiger partial charge in [-0.15, -0.1) is 4.91 Å². The number of rotatable bonds is 7. The van der Waals surface area contributed by atoms with Crippen molar-refractivity contribution in [2.24, 2.45) is 5.29 Å². The first-order valence-electron chi connectivity index (χ1n) is 5.63. The van der Waals surface area contributed by atoms with E-state index in [1.54, 1.807) is 12.1 Å². The normalized spacial score (nSPS) is 9.94. The Balaban J connectivity index is 2.68. The average molecular weight is 236 g/mol. The molecule has 1 aromatic carbocycles. The lowest BCUT2D eigenvalue weighted by atomic mass is 10.2. The minimum atomic E-state index is -0.979. The van der Waals surface area contributed by atoms with Gasteiger partial charge >= 0.3 is 5.97 Å². The molecule has 0 aliphatic heterocycles. The number of nitrogens with zero attached hydrogens (tertiary/aromatic N) is 2. The van der Waals surface area contributed by atoms with Crippen molar-refractivity contribution in [2.75, 3.05) is 11.6 Å². The highest BCUT2D eigenvalue weighted by atomic mass is 16.4. The molecule has 1 rings (SSSR count). The second-order valence-electron chi connectivity index (χ2n) is 3.76. The van der Waals surface area contributed by atoms with Crippen LogP contribution in [0.25, 0.3) is 0 Å². The maximum absolute atomic E-state index is 10.7. The summed E-state index contributed by atoms with van der Waals surface area (Å²) in [4.78, 5) is 21.3. The third-order valence-electron chi connectivity index (χ3n) is 2.48. The minimum Gasteiger partial charge on any atom is -0.478 e. The molecule has 5 heteroatoms. The summed E-state index contributed by atoms with van der Waals surface area (Å²) in [6.45, 7) is 2.64. The van der Waals surface area contributed by atoms with Crippen LogP contribution in [0.5, 0.6) is 0 Å². The molecular formula is C12H16N2O3. The van der Waals surface area contributed by atoms with Gasteiger partial charge in [0.2, 0.25) is 0 Å². The van der Waals surface area contributed by atoms with E-state index in [9.17, 15) is 9.70 Å². The first-order valence-corrected chi connectivity index (χ1v) is 5.63. The molecule has 0 saturated heterocycles. The number of unbranched alkanes of at least 4 members (excludes halogenated alkanes) is 2. The largest absolute Gasteiger partial charge is 0.478 e. The highest BCUT2D eigenvalue weighted by Gasteiger charge is 2.07. The molecule has 0 spiro atoms. The first kappa shape index (κ1) is 13.2. The van der Waals surface area contributed by atoms with Crippen LogP contribution >= 0.6 is 0 Å². The van der Waals surface area contributed by atoms with Crippen LogP contribution in [-0.4, -0.2) is 17.6 Å². The van der Waals surface area contributed by atoms with Crippen molar-refractivity contribution < 1.29 is 9.90 Å². The Kier molecular flexibility index (Phi) is 5.13. The van der Waals surface area contributed by atoms with E-state index < -0.39 is 5.97 Å². The summed E-state index contributed by atoms with van der Waals surface area (Å²) in [6.07, 6.45) is 3.01. The molecule has 5 nitrogen and oxygen atoms in total. The van der Waals surface area contributed by atoms with Crippen molar-refractivity contribution in [3.63, 3.8) is 0 Å². The van der Waals surface area contributed by atoms with Crippen LogP contribution in [0.1, 0.15) is 36.5 Å². The van der Waals surface area contributed by atoms with Crippen molar-refractivity contribution in [1.29, 1.82) is 0 Å². The molecule has 0 heterocycles. The summed E-state index contributed by atoms with van der Waals surface area (Å²) in [7, 11) is 0. The number of carboxylic acids is 1. The Morgan fingerprint density at radius 3 is 2.41 bits per heavy atom. The van der Waals surface area contributed by atoms with Crippen LogP contribution in [0.15, 0.2) is 29.6 Å². The molecule has 17 heavy (non-hydrogen) atoms. The lowest BCUT2D eigenvalue weighted by Gasteiger charge is -2.14. The fourth-order valence-electron chi connectivity index (χ4n) is 1.50. The zero-order valence-electron chi connectivity index (χ0n) is 9.80. The molecule has 0 fully saturated rings. The second kappa shape index (κ2) is 6.62. The number of aromatic carboxylic acids is 1. The quantitative estimate of drug-likeness (QED) is 0.448. The van der Waals surface area contributed by atoms with Crippen molar-refractivity contribution in [1.82, 2.24) is 0 Å². The van der Waals surface area contributed by atoms with E-state index in [-0.39, 0.29) is 5.56 Å². The maximum Gasteiger partial charge on any atom is 0.335 e. The van der Waals surface area contributed by atoms with E-state index >= 15 is 0 Å². The first-order chi connectivity index (χ1) is 8.19. The third-order valence-corrected chi connectivity index (χ3v) is 2.48. The zero-order chi connectivity index (χ0) is 12.7. The number of carboxylic acid groups (broad SMARTS) is 1. The molecule has 0 radical (unpaired) electrons. The van der Waals surface area contributed by atoms with Crippen LogP contribution in [0.4, 0.5) is 5.69 Å². The van der Waals surface area contributed by atoms with Gasteiger partial charge in [0, 0.05) is 6.54 Å². The van der Waals surface area contributed by atoms with Gasteiger partial charge < -0.3 is 5.11 Å². The SMILES string of the molecule is CCCCCN(N=O)c1ccc(C(=O)O)cc1. The summed E-state index contributed by atoms with van der Waals surface area (Å²) >= 11 is 0. The molecule has 92 valence electrons. The van der Waals surface area contributed by atoms with Gasteiger partial charge in [0.05, 0.1) is 16.5 Å². The second-order valence-corrected chi connectivity index (χ2v) is 3.76. The zero-order valence-corrected chi connectivity index (χ0v) is 9.80. The van der Waals surface area contributed by atoms with Crippen LogP contribution in [-0.2, 0) is 0 Å². The van der Waals surface area contributed by atoms with E-state index in [2.05, 4.69) is 12.2 Å². The lowest BCUT2D eigenvalue weighted by molar-refractivity contribution is 0.0697. The molecule has 0 unspecified atom stereocenters. The molecule has 0 saturated carbocycles. The van der Waals surface area contributed by atoms with Gasteiger partial charge in [0.1, 0.15) is 0 Å². The van der Waals surface area contributed by atoms with E-state index in [0.717, 1.165) is 19.3 Å². The number of hydrogen-bond acceptors (Lipinski definition) is 3. The van der Waals surface area contributed by atoms with Gasteiger partial charge in [-0.2, -0.15) is 0 Å². The molecule has 1 aromatic rings. The number of benzene rings is 1. The molecule has 1 N–H and O–H groups in total. The maximum atomic E-state index is 10.7. The van der Waals surface area contributed by atoms with Gasteiger partial charge in [-0.3, -0.25) is 0 Å². The third kappa shape index (κ3) is 3.86. The van der Waals surface area contributed by atoms with Gasteiger partial charge in [-0.05, 0) is 30.7 Å². The smallest absolute Gasteiger partial charge is 0.335 e. The predicted molar refractivity (Wildman–Crippen MR) is 66.1 cm³/mol. The number of hydrogen-bond donors (Lipinski definition) is 1. The molecule has 0 bridgehead atoms. The van der Waals surface area contributed by atoms with E-state index in [1.165, 1.54) is 17.1 Å². The lowest BCUT2D eigenvalue weighted by Crippen LogP contribution is -2.16. The van der Waals surface area contributed by atoms with Crippen molar-refractivity contribution >= 4 is 11.7 Å². The standard InChI is InChI=1S/C12H16N2O3/c1-2-3-4-9-14(13-17)11-7-5-10(6-8-11)12(15)16/h5-8H,2-4,9H2,1H3,(H,15,16). The minimum absolute atomic E-state index is 0.202. The van der Waals surface area contributed by atoms with Crippen molar-refractivity contribution in [2.45, 2.75) is 26.2 Å². The van der Waals surface area contributed by atoms with Gasteiger partial charge in [0.15, 0.2) is 0 Å². The van der Waals surface area contributed by atoms with Crippen LogP contribution < -0.4 is 5.01 Å². The monoisotopic (exact) mass is 236 g/mol.